The van der Waals surface area contributed by atoms with Crippen LogP contribution < -0.4 is 0 Å². The Labute approximate surface area is 152 Å². The van der Waals surface area contributed by atoms with Crippen molar-refractivity contribution in [2.45, 2.75) is 46.1 Å². The molecule has 2 rings (SSSR count). The van der Waals surface area contributed by atoms with Crippen LogP contribution in [0.4, 0.5) is 4.39 Å². The van der Waals surface area contributed by atoms with E-state index in [-0.39, 0.29) is 16.7 Å². The first kappa shape index (κ1) is 19.7. The summed E-state index contributed by atoms with van der Waals surface area (Å²) in [6, 6.07) is 3.35. The van der Waals surface area contributed by atoms with Crippen LogP contribution >= 0.6 is 11.6 Å². The van der Waals surface area contributed by atoms with Gasteiger partial charge in [0.1, 0.15) is 11.9 Å². The van der Waals surface area contributed by atoms with Gasteiger partial charge in [0.15, 0.2) is 6.61 Å². The van der Waals surface area contributed by atoms with Crippen molar-refractivity contribution >= 4 is 23.5 Å². The van der Waals surface area contributed by atoms with Gasteiger partial charge in [-0.1, -0.05) is 38.8 Å². The molecule has 1 saturated carbocycles. The normalized spacial score (nSPS) is 23.4. The summed E-state index contributed by atoms with van der Waals surface area (Å²) in [5.74, 6) is -0.649. The number of hydrogen-bond donors (Lipinski definition) is 0. The van der Waals surface area contributed by atoms with Gasteiger partial charge in [0.05, 0.1) is 10.6 Å². The predicted molar refractivity (Wildman–Crippen MR) is 92.9 cm³/mol. The lowest BCUT2D eigenvalue weighted by Gasteiger charge is -2.36. The van der Waals surface area contributed by atoms with Crippen LogP contribution in [0.15, 0.2) is 18.2 Å². The standard InChI is InChI=1S/C19H24ClFO4/c1-11(2)14-6-4-12(3)8-17(14)25-18(22)10-24-19(23)15-7-5-13(21)9-16(15)20/h5,7,9,11-12,14,17H,4,6,8,10H2,1-3H3/t12-,14+,17+/m0/s1. The molecule has 138 valence electrons. The molecule has 0 radical (unpaired) electrons. The van der Waals surface area contributed by atoms with E-state index in [9.17, 15) is 14.0 Å². The maximum atomic E-state index is 13.0. The number of carbonyl (C=O) groups is 2. The second-order valence-electron chi connectivity index (χ2n) is 7.05. The molecule has 0 amide bonds. The molecule has 6 heteroatoms. The van der Waals surface area contributed by atoms with E-state index in [1.54, 1.807) is 0 Å². The lowest BCUT2D eigenvalue weighted by atomic mass is 9.75. The molecule has 3 atom stereocenters. The zero-order chi connectivity index (χ0) is 18.6. The minimum Gasteiger partial charge on any atom is -0.460 e. The molecule has 4 nitrogen and oxygen atoms in total. The van der Waals surface area contributed by atoms with E-state index in [4.69, 9.17) is 21.1 Å². The Morgan fingerprint density at radius 1 is 1.32 bits per heavy atom. The first-order valence-corrected chi connectivity index (χ1v) is 8.97. The van der Waals surface area contributed by atoms with Crippen LogP contribution in [0.3, 0.4) is 0 Å². The molecule has 0 heterocycles. The highest BCUT2D eigenvalue weighted by Crippen LogP contribution is 2.35. The molecule has 0 aliphatic heterocycles. The summed E-state index contributed by atoms with van der Waals surface area (Å²) in [6.07, 6.45) is 2.84. The molecule has 0 N–H and O–H groups in total. The minimum absolute atomic E-state index is 0.0159. The van der Waals surface area contributed by atoms with E-state index in [1.807, 2.05) is 0 Å². The summed E-state index contributed by atoms with van der Waals surface area (Å²) in [4.78, 5) is 24.0. The molecule has 25 heavy (non-hydrogen) atoms. The van der Waals surface area contributed by atoms with Crippen LogP contribution in [-0.2, 0) is 14.3 Å². The van der Waals surface area contributed by atoms with Crippen molar-refractivity contribution < 1.29 is 23.5 Å². The molecule has 0 spiro atoms. The largest absolute Gasteiger partial charge is 0.460 e. The van der Waals surface area contributed by atoms with E-state index >= 15 is 0 Å². The Morgan fingerprint density at radius 2 is 2.04 bits per heavy atom. The third kappa shape index (κ3) is 5.43. The van der Waals surface area contributed by atoms with E-state index in [1.165, 1.54) is 6.07 Å². The average molecular weight is 371 g/mol. The number of halogens is 2. The van der Waals surface area contributed by atoms with Crippen LogP contribution in [0, 0.1) is 23.6 Å². The Hall–Kier alpha value is -1.62. The van der Waals surface area contributed by atoms with Crippen molar-refractivity contribution in [2.75, 3.05) is 6.61 Å². The zero-order valence-electron chi connectivity index (χ0n) is 14.8. The van der Waals surface area contributed by atoms with Crippen molar-refractivity contribution in [1.29, 1.82) is 0 Å². The van der Waals surface area contributed by atoms with Gasteiger partial charge in [-0.2, -0.15) is 0 Å². The fraction of sp³-hybridized carbons (Fsp3) is 0.579. The zero-order valence-corrected chi connectivity index (χ0v) is 15.5. The van der Waals surface area contributed by atoms with Crippen LogP contribution in [0.5, 0.6) is 0 Å². The highest BCUT2D eigenvalue weighted by atomic mass is 35.5. The number of ether oxygens (including phenoxy) is 2. The molecular weight excluding hydrogens is 347 g/mol. The van der Waals surface area contributed by atoms with E-state index < -0.39 is 24.4 Å². The Morgan fingerprint density at radius 3 is 2.68 bits per heavy atom. The Bertz CT molecular complexity index is 632. The fourth-order valence-corrected chi connectivity index (χ4v) is 3.55. The molecule has 1 aromatic carbocycles. The van der Waals surface area contributed by atoms with Gasteiger partial charge in [-0.05, 0) is 48.8 Å². The van der Waals surface area contributed by atoms with Crippen LogP contribution in [0.1, 0.15) is 50.4 Å². The quantitative estimate of drug-likeness (QED) is 0.708. The molecule has 0 aromatic heterocycles. The van der Waals surface area contributed by atoms with Gasteiger partial charge < -0.3 is 9.47 Å². The molecule has 0 saturated heterocycles. The molecule has 1 aromatic rings. The summed E-state index contributed by atoms with van der Waals surface area (Å²) in [5, 5.41) is -0.0562. The summed E-state index contributed by atoms with van der Waals surface area (Å²) < 4.78 is 23.5. The maximum Gasteiger partial charge on any atom is 0.344 e. The summed E-state index contributed by atoms with van der Waals surface area (Å²) in [7, 11) is 0. The smallest absolute Gasteiger partial charge is 0.344 e. The van der Waals surface area contributed by atoms with Gasteiger partial charge in [0.2, 0.25) is 0 Å². The van der Waals surface area contributed by atoms with Gasteiger partial charge in [-0.25, -0.2) is 14.0 Å². The molecule has 0 unspecified atom stereocenters. The van der Waals surface area contributed by atoms with Gasteiger partial charge in [-0.3, -0.25) is 0 Å². The van der Waals surface area contributed by atoms with Gasteiger partial charge in [0.25, 0.3) is 0 Å². The van der Waals surface area contributed by atoms with Crippen LogP contribution in [0.2, 0.25) is 5.02 Å². The lowest BCUT2D eigenvalue weighted by molar-refractivity contribution is -0.159. The van der Waals surface area contributed by atoms with Gasteiger partial charge in [0, 0.05) is 0 Å². The minimum atomic E-state index is -0.778. The highest BCUT2D eigenvalue weighted by Gasteiger charge is 2.33. The van der Waals surface area contributed by atoms with E-state index in [0.717, 1.165) is 31.4 Å². The average Bonchev–Trinajstić information content (AvgIpc) is 2.52. The van der Waals surface area contributed by atoms with Gasteiger partial charge >= 0.3 is 11.9 Å². The van der Waals surface area contributed by atoms with Crippen LogP contribution in [0.25, 0.3) is 0 Å². The molecule has 0 bridgehead atoms. The number of rotatable bonds is 5. The van der Waals surface area contributed by atoms with Gasteiger partial charge in [-0.15, -0.1) is 0 Å². The van der Waals surface area contributed by atoms with Crippen molar-refractivity contribution in [2.24, 2.45) is 17.8 Å². The predicted octanol–water partition coefficient (Wildman–Crippen LogP) is 4.64. The number of carbonyl (C=O) groups excluding carboxylic acids is 2. The summed E-state index contributed by atoms with van der Waals surface area (Å²) >= 11 is 5.81. The topological polar surface area (TPSA) is 52.6 Å². The molecule has 1 aliphatic carbocycles. The third-order valence-corrected chi connectivity index (χ3v) is 5.03. The number of benzene rings is 1. The Kier molecular flexibility index (Phi) is 6.82. The first-order chi connectivity index (χ1) is 11.8. The Balaban J connectivity index is 1.90. The summed E-state index contributed by atoms with van der Waals surface area (Å²) in [6.45, 7) is 5.91. The molecular formula is C19H24ClFO4. The number of esters is 2. The molecule has 1 fully saturated rings. The SMILES string of the molecule is CC(C)[C@H]1CC[C@H](C)C[C@H]1OC(=O)COC(=O)c1ccc(F)cc1Cl. The number of hydrogen-bond acceptors (Lipinski definition) is 4. The van der Waals surface area contributed by atoms with Crippen molar-refractivity contribution in [1.82, 2.24) is 0 Å². The lowest BCUT2D eigenvalue weighted by Crippen LogP contribution is -2.36. The second kappa shape index (κ2) is 8.65. The first-order valence-electron chi connectivity index (χ1n) is 8.59. The molecule has 1 aliphatic rings. The maximum absolute atomic E-state index is 13.0. The highest BCUT2D eigenvalue weighted by molar-refractivity contribution is 6.33. The van der Waals surface area contributed by atoms with Crippen molar-refractivity contribution in [3.8, 4) is 0 Å². The van der Waals surface area contributed by atoms with Crippen molar-refractivity contribution in [3.05, 3.63) is 34.6 Å². The van der Waals surface area contributed by atoms with E-state index in [0.29, 0.717) is 17.8 Å². The third-order valence-electron chi connectivity index (χ3n) is 4.72. The summed E-state index contributed by atoms with van der Waals surface area (Å²) in [5.41, 5.74) is 0.0159. The van der Waals surface area contributed by atoms with Crippen LogP contribution in [-0.4, -0.2) is 24.6 Å². The second-order valence-corrected chi connectivity index (χ2v) is 7.46. The van der Waals surface area contributed by atoms with Crippen molar-refractivity contribution in [3.63, 3.8) is 0 Å². The van der Waals surface area contributed by atoms with E-state index in [2.05, 4.69) is 20.8 Å². The fourth-order valence-electron chi connectivity index (χ4n) is 3.31. The monoisotopic (exact) mass is 370 g/mol.